The van der Waals surface area contributed by atoms with E-state index < -0.39 is 0 Å². The Morgan fingerprint density at radius 2 is 1.82 bits per heavy atom. The predicted octanol–water partition coefficient (Wildman–Crippen LogP) is 4.43. The van der Waals surface area contributed by atoms with Crippen LogP contribution < -0.4 is 5.32 Å². The molecule has 2 aromatic carbocycles. The van der Waals surface area contributed by atoms with E-state index in [1.165, 1.54) is 5.01 Å². The van der Waals surface area contributed by atoms with Gasteiger partial charge in [-0.2, -0.15) is 5.10 Å². The van der Waals surface area contributed by atoms with Gasteiger partial charge >= 0.3 is 0 Å². The van der Waals surface area contributed by atoms with E-state index in [1.54, 1.807) is 0 Å². The Morgan fingerprint density at radius 1 is 1.11 bits per heavy atom. The van der Waals surface area contributed by atoms with Crippen LogP contribution in [0, 0.1) is 0 Å². The highest BCUT2D eigenvalue weighted by molar-refractivity contribution is 9.10. The van der Waals surface area contributed by atoms with Crippen LogP contribution in [0.3, 0.4) is 0 Å². The summed E-state index contributed by atoms with van der Waals surface area (Å²) in [6, 6.07) is 17.7. The zero-order valence-corrected chi connectivity index (χ0v) is 17.5. The van der Waals surface area contributed by atoms with Crippen LogP contribution in [-0.4, -0.2) is 29.1 Å². The van der Waals surface area contributed by atoms with Crippen molar-refractivity contribution in [1.82, 2.24) is 10.3 Å². The third-order valence-electron chi connectivity index (χ3n) is 4.78. The summed E-state index contributed by atoms with van der Waals surface area (Å²) in [7, 11) is 0. The highest BCUT2D eigenvalue weighted by atomic mass is 79.9. The lowest BCUT2D eigenvalue weighted by Crippen LogP contribution is -2.30. The quantitative estimate of drug-likeness (QED) is 0.690. The van der Waals surface area contributed by atoms with Gasteiger partial charge in [0.2, 0.25) is 11.8 Å². The second kappa shape index (κ2) is 9.64. The zero-order valence-electron chi connectivity index (χ0n) is 15.9. The Bertz CT molecular complexity index is 850. The summed E-state index contributed by atoms with van der Waals surface area (Å²) in [5.74, 6) is -0.229. The van der Waals surface area contributed by atoms with Crippen LogP contribution in [0.4, 0.5) is 0 Å². The van der Waals surface area contributed by atoms with Crippen LogP contribution in [0.2, 0.25) is 0 Å². The summed E-state index contributed by atoms with van der Waals surface area (Å²) < 4.78 is 1.00. The van der Waals surface area contributed by atoms with Crippen molar-refractivity contribution in [3.63, 3.8) is 0 Å². The maximum absolute atomic E-state index is 12.4. The fourth-order valence-corrected chi connectivity index (χ4v) is 3.47. The molecule has 0 aliphatic carbocycles. The second-order valence-electron chi connectivity index (χ2n) is 6.76. The molecule has 1 aliphatic heterocycles. The number of hydrogen-bond acceptors (Lipinski definition) is 3. The van der Waals surface area contributed by atoms with E-state index in [-0.39, 0.29) is 30.7 Å². The lowest BCUT2D eigenvalue weighted by Gasteiger charge is -2.18. The number of hydrogen-bond donors (Lipinski definition) is 1. The number of amides is 2. The first-order valence-corrected chi connectivity index (χ1v) is 10.3. The Balaban J connectivity index is 1.51. The van der Waals surface area contributed by atoms with Gasteiger partial charge in [-0.05, 0) is 29.7 Å². The maximum Gasteiger partial charge on any atom is 0.243 e. The molecule has 1 heterocycles. The Labute approximate surface area is 173 Å². The van der Waals surface area contributed by atoms with E-state index in [0.29, 0.717) is 6.54 Å². The summed E-state index contributed by atoms with van der Waals surface area (Å²) in [6.45, 7) is 2.60. The van der Waals surface area contributed by atoms with E-state index in [9.17, 15) is 9.59 Å². The van der Waals surface area contributed by atoms with Crippen LogP contribution >= 0.6 is 15.9 Å². The van der Waals surface area contributed by atoms with Gasteiger partial charge in [-0.25, -0.2) is 5.01 Å². The normalized spacial score (nSPS) is 14.5. The molecule has 6 heteroatoms. The number of carbonyl (C=O) groups is 2. The van der Waals surface area contributed by atoms with Crippen molar-refractivity contribution in [2.24, 2.45) is 5.10 Å². The molecule has 0 radical (unpaired) electrons. The molecule has 5 nitrogen and oxygen atoms in total. The Hall–Kier alpha value is -2.47. The smallest absolute Gasteiger partial charge is 0.243 e. The summed E-state index contributed by atoms with van der Waals surface area (Å²) in [4.78, 5) is 24.8. The molecule has 2 aromatic rings. The van der Waals surface area contributed by atoms with E-state index in [1.807, 2.05) is 61.5 Å². The van der Waals surface area contributed by atoms with E-state index in [4.69, 9.17) is 0 Å². The van der Waals surface area contributed by atoms with Crippen molar-refractivity contribution in [2.45, 2.75) is 38.6 Å². The van der Waals surface area contributed by atoms with Gasteiger partial charge in [0, 0.05) is 23.7 Å². The highest BCUT2D eigenvalue weighted by Gasteiger charge is 2.22. The van der Waals surface area contributed by atoms with Gasteiger partial charge in [-0.3, -0.25) is 9.59 Å². The SMILES string of the molecule is CCC(NC(=O)CCC(=O)N1CCC(c2ccccc2)=N1)c1ccc(Br)cc1. The lowest BCUT2D eigenvalue weighted by molar-refractivity contribution is -0.133. The van der Waals surface area contributed by atoms with Gasteiger partial charge in [0.05, 0.1) is 18.3 Å². The third kappa shape index (κ3) is 5.29. The first kappa shape index (κ1) is 20.3. The number of nitrogens with one attached hydrogen (secondary N) is 1. The minimum absolute atomic E-state index is 0.0507. The molecule has 0 saturated heterocycles. The van der Waals surface area contributed by atoms with Crippen molar-refractivity contribution in [3.05, 3.63) is 70.2 Å². The molecule has 2 amide bonds. The number of hydrazone groups is 1. The van der Waals surface area contributed by atoms with Gasteiger partial charge in [-0.1, -0.05) is 65.3 Å². The van der Waals surface area contributed by atoms with Crippen LogP contribution in [0.5, 0.6) is 0 Å². The standard InChI is InChI=1S/C22H24BrN3O2/c1-2-19(17-8-10-18(23)11-9-17)24-21(27)12-13-22(28)26-15-14-20(25-26)16-6-4-3-5-7-16/h3-11,19H,2,12-15H2,1H3,(H,24,27). The molecule has 0 saturated carbocycles. The number of rotatable bonds is 7. The molecule has 1 N–H and O–H groups in total. The Morgan fingerprint density at radius 3 is 2.50 bits per heavy atom. The van der Waals surface area contributed by atoms with Crippen LogP contribution in [-0.2, 0) is 9.59 Å². The summed E-state index contributed by atoms with van der Waals surface area (Å²) in [6.07, 6.45) is 1.86. The molecule has 0 aromatic heterocycles. The average molecular weight is 442 g/mol. The van der Waals surface area contributed by atoms with Crippen molar-refractivity contribution in [3.8, 4) is 0 Å². The molecule has 0 fully saturated rings. The largest absolute Gasteiger partial charge is 0.349 e. The fraction of sp³-hybridized carbons (Fsp3) is 0.318. The van der Waals surface area contributed by atoms with E-state index >= 15 is 0 Å². The number of nitrogens with zero attached hydrogens (tertiary/aromatic N) is 2. The first-order valence-electron chi connectivity index (χ1n) is 9.55. The molecular weight excluding hydrogens is 418 g/mol. The lowest BCUT2D eigenvalue weighted by atomic mass is 10.0. The van der Waals surface area contributed by atoms with E-state index in [0.717, 1.165) is 34.2 Å². The molecule has 1 unspecified atom stereocenters. The monoisotopic (exact) mass is 441 g/mol. The van der Waals surface area contributed by atoms with Crippen LogP contribution in [0.15, 0.2) is 64.2 Å². The second-order valence-corrected chi connectivity index (χ2v) is 7.68. The van der Waals surface area contributed by atoms with Gasteiger partial charge in [0.25, 0.3) is 0 Å². The number of benzene rings is 2. The molecular formula is C22H24BrN3O2. The van der Waals surface area contributed by atoms with Gasteiger partial charge in [0.1, 0.15) is 0 Å². The van der Waals surface area contributed by atoms with Crippen molar-refractivity contribution >= 4 is 33.5 Å². The van der Waals surface area contributed by atoms with Crippen LogP contribution in [0.25, 0.3) is 0 Å². The topological polar surface area (TPSA) is 61.8 Å². The van der Waals surface area contributed by atoms with Crippen molar-refractivity contribution < 1.29 is 9.59 Å². The zero-order chi connectivity index (χ0) is 19.9. The average Bonchev–Trinajstić information content (AvgIpc) is 3.22. The molecule has 146 valence electrons. The summed E-state index contributed by atoms with van der Waals surface area (Å²) >= 11 is 3.42. The van der Waals surface area contributed by atoms with Crippen molar-refractivity contribution in [1.29, 1.82) is 0 Å². The van der Waals surface area contributed by atoms with Gasteiger partial charge in [-0.15, -0.1) is 0 Å². The highest BCUT2D eigenvalue weighted by Crippen LogP contribution is 2.20. The van der Waals surface area contributed by atoms with Gasteiger partial charge in [0.15, 0.2) is 0 Å². The molecule has 0 bridgehead atoms. The minimum atomic E-state index is -0.116. The molecule has 28 heavy (non-hydrogen) atoms. The molecule has 1 atom stereocenters. The summed E-state index contributed by atoms with van der Waals surface area (Å²) in [5, 5.41) is 8.94. The number of halogens is 1. The molecule has 1 aliphatic rings. The van der Waals surface area contributed by atoms with Crippen LogP contribution in [0.1, 0.15) is 49.8 Å². The van der Waals surface area contributed by atoms with Gasteiger partial charge < -0.3 is 5.32 Å². The molecule has 3 rings (SSSR count). The third-order valence-corrected chi connectivity index (χ3v) is 5.31. The van der Waals surface area contributed by atoms with Crippen molar-refractivity contribution in [2.75, 3.05) is 6.54 Å². The summed E-state index contributed by atoms with van der Waals surface area (Å²) in [5.41, 5.74) is 3.01. The Kier molecular flexibility index (Phi) is 6.98. The molecule has 0 spiro atoms. The predicted molar refractivity (Wildman–Crippen MR) is 114 cm³/mol. The maximum atomic E-state index is 12.4. The van der Waals surface area contributed by atoms with E-state index in [2.05, 4.69) is 26.3 Å². The first-order chi connectivity index (χ1) is 13.6. The number of carbonyl (C=O) groups excluding carboxylic acids is 2. The fourth-order valence-electron chi connectivity index (χ4n) is 3.20. The minimum Gasteiger partial charge on any atom is -0.349 e.